The van der Waals surface area contributed by atoms with Gasteiger partial charge in [0.05, 0.1) is 6.54 Å². The summed E-state index contributed by atoms with van der Waals surface area (Å²) >= 11 is 0. The molecular formula is C34H34F4N8O. The Morgan fingerprint density at radius 2 is 1.43 bits per heavy atom. The summed E-state index contributed by atoms with van der Waals surface area (Å²) in [5.74, 6) is -6.44. The van der Waals surface area contributed by atoms with Crippen LogP contribution >= 0.6 is 0 Å². The van der Waals surface area contributed by atoms with E-state index in [0.29, 0.717) is 11.6 Å². The number of benzene rings is 3. The molecule has 1 aliphatic heterocycles. The van der Waals surface area contributed by atoms with Crippen LogP contribution in [0.4, 0.5) is 28.9 Å². The summed E-state index contributed by atoms with van der Waals surface area (Å²) in [5, 5.41) is 21.7. The molecule has 0 spiro atoms. The van der Waals surface area contributed by atoms with Gasteiger partial charge in [-0.1, -0.05) is 30.3 Å². The lowest BCUT2D eigenvalue weighted by Gasteiger charge is -2.37. The molecule has 47 heavy (non-hydrogen) atoms. The number of nitrogens with zero attached hydrogens (tertiary/aromatic N) is 8. The van der Waals surface area contributed by atoms with Gasteiger partial charge >= 0.3 is 5.92 Å². The van der Waals surface area contributed by atoms with Crippen LogP contribution < -0.4 is 9.80 Å². The molecule has 1 aliphatic rings. The molecule has 3 aromatic carbocycles. The van der Waals surface area contributed by atoms with Crippen molar-refractivity contribution in [3.8, 4) is 11.1 Å². The van der Waals surface area contributed by atoms with Crippen LogP contribution in [0, 0.1) is 11.6 Å². The van der Waals surface area contributed by atoms with Gasteiger partial charge in [-0.3, -0.25) is 4.98 Å². The lowest BCUT2D eigenvalue weighted by molar-refractivity contribution is -0.207. The summed E-state index contributed by atoms with van der Waals surface area (Å²) in [7, 11) is 4.11. The highest BCUT2D eigenvalue weighted by Gasteiger charge is 2.58. The van der Waals surface area contributed by atoms with E-state index in [9.17, 15) is 13.9 Å². The van der Waals surface area contributed by atoms with E-state index in [1.54, 1.807) is 0 Å². The van der Waals surface area contributed by atoms with Crippen LogP contribution in [-0.2, 0) is 24.6 Å². The number of rotatable bonds is 10. The van der Waals surface area contributed by atoms with Crippen molar-refractivity contribution in [3.05, 3.63) is 120 Å². The Morgan fingerprint density at radius 3 is 1.96 bits per heavy atom. The quantitative estimate of drug-likeness (QED) is 0.211. The first-order valence-electron chi connectivity index (χ1n) is 15.1. The number of hydrogen-bond donors (Lipinski definition) is 1. The van der Waals surface area contributed by atoms with Gasteiger partial charge in [0.2, 0.25) is 0 Å². The molecule has 0 saturated carbocycles. The number of hydrogen-bond acceptors (Lipinski definition) is 8. The predicted molar refractivity (Wildman–Crippen MR) is 170 cm³/mol. The molecule has 0 amide bonds. The molecule has 1 saturated heterocycles. The SMILES string of the molecule is CN(C)Cc1ccc(N2CCN(c3ccc(-c4ccc(C(F)(F)[C@](O)(Cn5cnnn5)c5ccc(F)cc5F)nc4)cc3)CC2)cc1. The monoisotopic (exact) mass is 646 g/mol. The largest absolute Gasteiger partial charge is 0.377 e. The van der Waals surface area contributed by atoms with Crippen LogP contribution in [0.3, 0.4) is 0 Å². The second kappa shape index (κ2) is 13.1. The van der Waals surface area contributed by atoms with E-state index in [-0.39, 0.29) is 0 Å². The second-order valence-corrected chi connectivity index (χ2v) is 11.9. The number of alkyl halides is 2. The molecule has 1 N–H and O–H groups in total. The molecule has 9 nitrogen and oxygen atoms in total. The number of anilines is 2. The van der Waals surface area contributed by atoms with E-state index >= 15 is 8.78 Å². The van der Waals surface area contributed by atoms with E-state index < -0.39 is 41.0 Å². The molecule has 3 heterocycles. The van der Waals surface area contributed by atoms with E-state index in [2.05, 4.69) is 73.6 Å². The number of aromatic nitrogens is 5. The van der Waals surface area contributed by atoms with Gasteiger partial charge in [0.15, 0.2) is 5.60 Å². The zero-order valence-corrected chi connectivity index (χ0v) is 25.9. The van der Waals surface area contributed by atoms with Gasteiger partial charge in [-0.25, -0.2) is 13.5 Å². The Labute approximate surface area is 269 Å². The summed E-state index contributed by atoms with van der Waals surface area (Å²) < 4.78 is 61.4. The first-order chi connectivity index (χ1) is 22.5. The summed E-state index contributed by atoms with van der Waals surface area (Å²) in [6.45, 7) is 3.46. The maximum Gasteiger partial charge on any atom is 0.323 e. The zero-order chi connectivity index (χ0) is 33.2. The highest BCUT2D eigenvalue weighted by atomic mass is 19.3. The number of halogens is 4. The van der Waals surface area contributed by atoms with Crippen molar-refractivity contribution in [1.82, 2.24) is 30.1 Å². The van der Waals surface area contributed by atoms with Crippen LogP contribution in [0.1, 0.15) is 16.8 Å². The molecule has 6 rings (SSSR count). The minimum Gasteiger partial charge on any atom is -0.377 e. The Morgan fingerprint density at radius 1 is 0.809 bits per heavy atom. The van der Waals surface area contributed by atoms with Crippen molar-refractivity contribution in [1.29, 1.82) is 0 Å². The Kier molecular flexibility index (Phi) is 8.93. The number of piperazine rings is 1. The molecule has 0 bridgehead atoms. The highest BCUT2D eigenvalue weighted by Crippen LogP contribution is 2.47. The van der Waals surface area contributed by atoms with Crippen LogP contribution in [0.15, 0.2) is 91.4 Å². The number of aliphatic hydroxyl groups is 1. The molecule has 244 valence electrons. The molecule has 0 aliphatic carbocycles. The van der Waals surface area contributed by atoms with E-state index in [1.807, 2.05) is 24.3 Å². The third-order valence-corrected chi connectivity index (χ3v) is 8.41. The van der Waals surface area contributed by atoms with Crippen LogP contribution in [0.2, 0.25) is 0 Å². The summed E-state index contributed by atoms with van der Waals surface area (Å²) in [6, 6.07) is 21.0. The molecule has 0 radical (unpaired) electrons. The Hall–Kier alpha value is -4.88. The van der Waals surface area contributed by atoms with E-state index in [0.717, 1.165) is 73.2 Å². The highest BCUT2D eigenvalue weighted by molar-refractivity contribution is 5.66. The third-order valence-electron chi connectivity index (χ3n) is 8.41. The zero-order valence-electron chi connectivity index (χ0n) is 25.9. The predicted octanol–water partition coefficient (Wildman–Crippen LogP) is 5.08. The summed E-state index contributed by atoms with van der Waals surface area (Å²) in [4.78, 5) is 10.8. The average Bonchev–Trinajstić information content (AvgIpc) is 3.58. The van der Waals surface area contributed by atoms with Crippen molar-refractivity contribution < 1.29 is 22.7 Å². The Balaban J connectivity index is 1.15. The van der Waals surface area contributed by atoms with Crippen LogP contribution in [-0.4, -0.2) is 75.5 Å². The molecule has 2 aromatic heterocycles. The smallest absolute Gasteiger partial charge is 0.323 e. The first kappa shape index (κ1) is 32.1. The van der Waals surface area contributed by atoms with Crippen LogP contribution in [0.25, 0.3) is 11.1 Å². The standard InChI is InChI=1S/C34H34F4N8O/c1-43(2)21-24-3-9-28(10-4-24)44-15-17-45(18-16-44)29-11-5-25(6-12-29)26-7-14-32(39-20-26)34(37,38)33(47,22-46-23-40-41-42-46)30-13-8-27(35)19-31(30)36/h3-14,19-20,23,47H,15-18,21-22H2,1-2H3/t33-/m0/s1. The minimum absolute atomic E-state index is 0.432. The van der Waals surface area contributed by atoms with Gasteiger partial charge in [-0.05, 0) is 78.1 Å². The van der Waals surface area contributed by atoms with Gasteiger partial charge in [0, 0.05) is 67.5 Å². The lowest BCUT2D eigenvalue weighted by Crippen LogP contribution is -2.48. The number of pyridine rings is 1. The number of tetrazole rings is 1. The summed E-state index contributed by atoms with van der Waals surface area (Å²) in [6.07, 6.45) is 2.28. The molecule has 13 heteroatoms. The molecule has 0 unspecified atom stereocenters. The van der Waals surface area contributed by atoms with Crippen molar-refractivity contribution in [2.45, 2.75) is 24.6 Å². The fourth-order valence-corrected chi connectivity index (χ4v) is 5.89. The van der Waals surface area contributed by atoms with Crippen molar-refractivity contribution in [3.63, 3.8) is 0 Å². The Bertz CT molecular complexity index is 1780. The molecule has 1 atom stereocenters. The maximum atomic E-state index is 16.1. The maximum absolute atomic E-state index is 16.1. The van der Waals surface area contributed by atoms with E-state index in [1.165, 1.54) is 23.5 Å². The third kappa shape index (κ3) is 6.67. The van der Waals surface area contributed by atoms with E-state index in [4.69, 9.17) is 0 Å². The van der Waals surface area contributed by atoms with Crippen molar-refractivity contribution in [2.75, 3.05) is 50.1 Å². The molecule has 1 fully saturated rings. The topological polar surface area (TPSA) is 86.4 Å². The van der Waals surface area contributed by atoms with Gasteiger partial charge in [-0.15, -0.1) is 5.10 Å². The van der Waals surface area contributed by atoms with Crippen molar-refractivity contribution >= 4 is 11.4 Å². The lowest BCUT2D eigenvalue weighted by atomic mass is 9.84. The van der Waals surface area contributed by atoms with Gasteiger partial charge in [-0.2, -0.15) is 8.78 Å². The van der Waals surface area contributed by atoms with Gasteiger partial charge < -0.3 is 19.8 Å². The average molecular weight is 647 g/mol. The first-order valence-corrected chi connectivity index (χ1v) is 15.1. The minimum atomic E-state index is -4.13. The molecule has 5 aromatic rings. The van der Waals surface area contributed by atoms with Crippen LogP contribution in [0.5, 0.6) is 0 Å². The van der Waals surface area contributed by atoms with Crippen molar-refractivity contribution in [2.24, 2.45) is 0 Å². The van der Waals surface area contributed by atoms with Gasteiger partial charge in [0.25, 0.3) is 0 Å². The molecular weight excluding hydrogens is 612 g/mol. The fraction of sp³-hybridized carbons (Fsp3) is 0.294. The second-order valence-electron chi connectivity index (χ2n) is 11.9. The van der Waals surface area contributed by atoms with Gasteiger partial charge in [0.1, 0.15) is 23.7 Å². The summed E-state index contributed by atoms with van der Waals surface area (Å²) in [5.41, 5.74) is 0.0636. The normalized spacial score (nSPS) is 15.2. The fourth-order valence-electron chi connectivity index (χ4n) is 5.89.